The van der Waals surface area contributed by atoms with Crippen LogP contribution in [0.5, 0.6) is 0 Å². The first-order chi connectivity index (χ1) is 34.4. The van der Waals surface area contributed by atoms with Crippen LogP contribution < -0.4 is 31.9 Å². The number of hydrogen-bond donors (Lipinski definition) is 7. The number of esters is 2. The monoisotopic (exact) mass is 1050 g/mol. The molecule has 0 aliphatic carbocycles. The molecule has 5 atom stereocenters. The van der Waals surface area contributed by atoms with Crippen molar-refractivity contribution in [3.8, 4) is 0 Å². The van der Waals surface area contributed by atoms with Crippen molar-refractivity contribution < 1.29 is 57.7 Å². The van der Waals surface area contributed by atoms with E-state index in [0.717, 1.165) is 16.7 Å². The number of thioether (sulfide) groups is 2. The fraction of sp³-hybridized carbons (Fsp3) is 0.491. The lowest BCUT2D eigenvalue weighted by molar-refractivity contribution is -0.157. The number of carbonyl (C=O) groups is 9. The Balaban J connectivity index is 2.10. The van der Waals surface area contributed by atoms with Crippen molar-refractivity contribution in [2.24, 2.45) is 5.92 Å². The van der Waals surface area contributed by atoms with Crippen LogP contribution in [0.25, 0.3) is 0 Å². The van der Waals surface area contributed by atoms with E-state index >= 15 is 0 Å². The van der Waals surface area contributed by atoms with Crippen molar-refractivity contribution in [2.75, 3.05) is 24.3 Å². The Morgan fingerprint density at radius 2 is 1.07 bits per heavy atom. The highest BCUT2D eigenvalue weighted by atomic mass is 32.2. The number of amides is 6. The van der Waals surface area contributed by atoms with Crippen LogP contribution in [0.3, 0.4) is 0 Å². The number of carboxylic acids is 1. The molecule has 0 heterocycles. The molecule has 0 spiro atoms. The number of carbonyl (C=O) groups excluding carboxylic acids is 8. The summed E-state index contributed by atoms with van der Waals surface area (Å²) in [4.78, 5) is 120. The summed E-state index contributed by atoms with van der Waals surface area (Å²) in [6, 6.07) is 21.6. The van der Waals surface area contributed by atoms with Crippen molar-refractivity contribution in [1.29, 1.82) is 0 Å². The van der Waals surface area contributed by atoms with Gasteiger partial charge >= 0.3 is 17.9 Å². The molecule has 0 saturated heterocycles. The predicted molar refractivity (Wildman–Crippen MR) is 281 cm³/mol. The Bertz CT molecular complexity index is 2210. The summed E-state index contributed by atoms with van der Waals surface area (Å²) < 4.78 is 9.88. The van der Waals surface area contributed by atoms with Gasteiger partial charge in [-0.1, -0.05) is 105 Å². The minimum Gasteiger partial charge on any atom is -0.480 e. The van der Waals surface area contributed by atoms with E-state index in [1.165, 1.54) is 23.5 Å². The molecule has 18 nitrogen and oxygen atoms in total. The standard InChI is InChI=1S/C53H72N6O12S2/c1-34(2)29-41(50(68)69)59-48(66)39(25-26-44(62)70-51(3,4)5)57-49(67)42(32-73-53(35-19-13-10-14-20-35,36-21-15-11-16-22-36)37-23-17-12-18-24-37)56-43(61)31-54-46(64)40(30-45(63)71-52(6,7)8)58-47(65)38(55-33-60)27-28-72-9/h10-24,33-34,38-42H,25-32H2,1-9H3,(H,54,64)(H,55,60)(H,56,61)(H,57,67)(H,58,65)(H,59,66)(H,68,69)/t38-,39-,40-,41-,42-/m0/s1. The minimum absolute atomic E-state index is 0.0614. The molecular weight excluding hydrogens is 977 g/mol. The first-order valence-electron chi connectivity index (χ1n) is 24.0. The zero-order valence-corrected chi connectivity index (χ0v) is 44.7. The molecule has 398 valence electrons. The predicted octanol–water partition coefficient (Wildman–Crippen LogP) is 4.62. The molecule has 0 bridgehead atoms. The average Bonchev–Trinajstić information content (AvgIpc) is 3.32. The number of benzene rings is 3. The van der Waals surface area contributed by atoms with Crippen LogP contribution in [0.2, 0.25) is 0 Å². The second-order valence-corrected chi connectivity index (χ2v) is 21.8. The Morgan fingerprint density at radius 3 is 1.53 bits per heavy atom. The van der Waals surface area contributed by atoms with Gasteiger partial charge in [-0.05, 0) is 95.4 Å². The maximum Gasteiger partial charge on any atom is 0.326 e. The van der Waals surface area contributed by atoms with Crippen molar-refractivity contribution in [3.05, 3.63) is 108 Å². The van der Waals surface area contributed by atoms with E-state index in [2.05, 4.69) is 31.9 Å². The van der Waals surface area contributed by atoms with Crippen LogP contribution in [-0.2, 0) is 57.4 Å². The van der Waals surface area contributed by atoms with Gasteiger partial charge in [-0.2, -0.15) is 11.8 Å². The van der Waals surface area contributed by atoms with E-state index in [0.29, 0.717) is 12.2 Å². The average molecular weight is 1050 g/mol. The minimum atomic E-state index is -1.56. The van der Waals surface area contributed by atoms with Gasteiger partial charge in [0.25, 0.3) is 0 Å². The van der Waals surface area contributed by atoms with Crippen LogP contribution in [0.15, 0.2) is 91.0 Å². The Labute approximate surface area is 436 Å². The van der Waals surface area contributed by atoms with Gasteiger partial charge in [0.2, 0.25) is 35.9 Å². The molecule has 0 saturated carbocycles. The molecule has 73 heavy (non-hydrogen) atoms. The highest BCUT2D eigenvalue weighted by Gasteiger charge is 2.40. The highest BCUT2D eigenvalue weighted by Crippen LogP contribution is 2.48. The first kappa shape index (κ1) is 60.9. The normalized spacial score (nSPS) is 13.7. The summed E-state index contributed by atoms with van der Waals surface area (Å²) in [5.41, 5.74) is 0.654. The number of rotatable bonds is 29. The van der Waals surface area contributed by atoms with Gasteiger partial charge in [0, 0.05) is 12.2 Å². The largest absolute Gasteiger partial charge is 0.480 e. The molecule has 7 N–H and O–H groups in total. The summed E-state index contributed by atoms with van der Waals surface area (Å²) in [5.74, 6) is -7.03. The molecule has 0 unspecified atom stereocenters. The molecular formula is C53H72N6O12S2. The molecule has 0 radical (unpaired) electrons. The third-order valence-corrected chi connectivity index (χ3v) is 13.0. The summed E-state index contributed by atoms with van der Waals surface area (Å²) in [6.07, 6.45) is 1.13. The molecule has 3 rings (SSSR count). The fourth-order valence-corrected chi connectivity index (χ4v) is 9.53. The van der Waals surface area contributed by atoms with Crippen LogP contribution in [0.4, 0.5) is 0 Å². The topological polar surface area (TPSA) is 264 Å². The molecule has 3 aromatic carbocycles. The second-order valence-electron chi connectivity index (χ2n) is 19.6. The van der Waals surface area contributed by atoms with Gasteiger partial charge < -0.3 is 46.5 Å². The zero-order chi connectivity index (χ0) is 54.4. The van der Waals surface area contributed by atoms with Gasteiger partial charge in [-0.25, -0.2) is 4.79 Å². The molecule has 0 fully saturated rings. The van der Waals surface area contributed by atoms with E-state index in [-0.39, 0.29) is 37.4 Å². The van der Waals surface area contributed by atoms with E-state index < -0.39 is 107 Å². The number of carboxylic acid groups (broad SMARTS) is 1. The number of nitrogens with one attached hydrogen (secondary N) is 6. The lowest BCUT2D eigenvalue weighted by Crippen LogP contribution is -2.58. The summed E-state index contributed by atoms with van der Waals surface area (Å²) in [5, 5.41) is 25.3. The Kier molecular flexibility index (Phi) is 24.5. The molecule has 0 aliphatic heterocycles. The molecule has 0 aliphatic rings. The maximum absolute atomic E-state index is 14.8. The van der Waals surface area contributed by atoms with E-state index in [4.69, 9.17) is 9.47 Å². The van der Waals surface area contributed by atoms with E-state index in [1.54, 1.807) is 55.4 Å². The van der Waals surface area contributed by atoms with Crippen LogP contribution in [0, 0.1) is 5.92 Å². The van der Waals surface area contributed by atoms with Gasteiger partial charge in [0.05, 0.1) is 17.7 Å². The third kappa shape index (κ3) is 20.9. The SMILES string of the molecule is CSCC[C@H](NC=O)C(=O)N[C@@H](CC(=O)OC(C)(C)C)C(=O)NCC(=O)N[C@@H](CSC(c1ccccc1)(c1ccccc1)c1ccccc1)C(=O)N[C@@H](CCC(=O)OC(C)(C)C)C(=O)N[C@@H](CC(C)C)C(=O)O. The van der Waals surface area contributed by atoms with Crippen LogP contribution in [0.1, 0.15) is 104 Å². The fourth-order valence-electron chi connectivity index (χ4n) is 7.50. The van der Waals surface area contributed by atoms with Gasteiger partial charge in [0.15, 0.2) is 0 Å². The first-order valence-corrected chi connectivity index (χ1v) is 26.4. The Morgan fingerprint density at radius 1 is 0.603 bits per heavy atom. The molecule has 20 heteroatoms. The van der Waals surface area contributed by atoms with Crippen molar-refractivity contribution in [1.82, 2.24) is 31.9 Å². The van der Waals surface area contributed by atoms with Crippen LogP contribution in [-0.4, -0.2) is 125 Å². The zero-order valence-electron chi connectivity index (χ0n) is 43.1. The number of ether oxygens (including phenoxy) is 2. The summed E-state index contributed by atoms with van der Waals surface area (Å²) in [6.45, 7) is 12.7. The summed E-state index contributed by atoms with van der Waals surface area (Å²) in [7, 11) is 0. The second kappa shape index (κ2) is 29.3. The van der Waals surface area contributed by atoms with Crippen molar-refractivity contribution in [3.63, 3.8) is 0 Å². The number of aliphatic carboxylic acids is 1. The van der Waals surface area contributed by atoms with E-state index in [1.807, 2.05) is 97.3 Å². The Hall–Kier alpha value is -6.41. The molecule has 3 aromatic rings. The molecule has 0 aromatic heterocycles. The van der Waals surface area contributed by atoms with Gasteiger partial charge in [-0.3, -0.25) is 38.4 Å². The molecule has 6 amide bonds. The van der Waals surface area contributed by atoms with Crippen LogP contribution >= 0.6 is 23.5 Å². The maximum atomic E-state index is 14.8. The van der Waals surface area contributed by atoms with E-state index in [9.17, 15) is 48.3 Å². The number of hydrogen-bond acceptors (Lipinski definition) is 13. The van der Waals surface area contributed by atoms with Gasteiger partial charge in [-0.15, -0.1) is 11.8 Å². The lowest BCUT2D eigenvalue weighted by Gasteiger charge is -2.36. The summed E-state index contributed by atoms with van der Waals surface area (Å²) >= 11 is 2.73. The lowest BCUT2D eigenvalue weighted by atomic mass is 9.84. The third-order valence-electron chi connectivity index (χ3n) is 10.7. The van der Waals surface area contributed by atoms with Gasteiger partial charge in [0.1, 0.15) is 41.4 Å². The van der Waals surface area contributed by atoms with Crippen molar-refractivity contribution in [2.45, 2.75) is 134 Å². The smallest absolute Gasteiger partial charge is 0.326 e. The van der Waals surface area contributed by atoms with Crippen molar-refractivity contribution >= 4 is 77.4 Å². The quantitative estimate of drug-likeness (QED) is 0.0284. The highest BCUT2D eigenvalue weighted by molar-refractivity contribution is 8.00.